The van der Waals surface area contributed by atoms with Gasteiger partial charge in [-0.1, -0.05) is 6.07 Å². The first-order valence-electron chi connectivity index (χ1n) is 12.1. The fraction of sp³-hybridized carbons (Fsp3) is 0.346. The van der Waals surface area contributed by atoms with E-state index in [0.717, 1.165) is 42.3 Å². The van der Waals surface area contributed by atoms with Gasteiger partial charge in [0.2, 0.25) is 0 Å². The van der Waals surface area contributed by atoms with Crippen molar-refractivity contribution in [3.63, 3.8) is 0 Å². The third kappa shape index (κ3) is 3.25. The molecule has 2 aliphatic rings. The summed E-state index contributed by atoms with van der Waals surface area (Å²) in [4.78, 5) is 32.0. The van der Waals surface area contributed by atoms with Crippen molar-refractivity contribution in [3.8, 4) is 16.8 Å². The summed E-state index contributed by atoms with van der Waals surface area (Å²) in [6.45, 7) is 0.601. The molecule has 0 spiro atoms. The minimum absolute atomic E-state index is 0.150. The number of benzene rings is 1. The van der Waals surface area contributed by atoms with Gasteiger partial charge in [-0.25, -0.2) is 4.79 Å². The number of rotatable bonds is 5. The largest absolute Gasteiger partial charge is 0.330 e. The minimum atomic E-state index is -0.267. The van der Waals surface area contributed by atoms with Crippen LogP contribution in [-0.4, -0.2) is 33.7 Å². The normalized spacial score (nSPS) is 15.9. The Hall–Kier alpha value is -4.01. The molecule has 4 aromatic heterocycles. The van der Waals surface area contributed by atoms with Gasteiger partial charge >= 0.3 is 5.69 Å². The SMILES string of the molecule is Cn1cc2cc(-n3nc4c(c(-c5ccc(C6CC6)nc5)c3=O)n(CC3CC3)c(=O)n4C)ccc2n1. The zero-order chi connectivity index (χ0) is 23.8. The average Bonchev–Trinajstić information content (AvgIpc) is 3.78. The Labute approximate surface area is 200 Å². The molecule has 1 aromatic carbocycles. The van der Waals surface area contributed by atoms with Gasteiger partial charge in [0.25, 0.3) is 5.56 Å². The topological polar surface area (TPSA) is 92.5 Å². The Morgan fingerprint density at radius 2 is 1.83 bits per heavy atom. The molecule has 176 valence electrons. The first kappa shape index (κ1) is 20.4. The number of aromatic nitrogens is 7. The quantitative estimate of drug-likeness (QED) is 0.396. The van der Waals surface area contributed by atoms with Crippen molar-refractivity contribution in [3.05, 3.63) is 69.3 Å². The molecule has 0 radical (unpaired) electrons. The number of imidazole rings is 1. The van der Waals surface area contributed by atoms with Crippen molar-refractivity contribution >= 4 is 22.1 Å². The van der Waals surface area contributed by atoms with Crippen LogP contribution in [0.15, 0.2) is 52.3 Å². The summed E-state index contributed by atoms with van der Waals surface area (Å²) >= 11 is 0. The van der Waals surface area contributed by atoms with E-state index in [9.17, 15) is 9.59 Å². The summed E-state index contributed by atoms with van der Waals surface area (Å²) in [6, 6.07) is 9.60. The Morgan fingerprint density at radius 1 is 1.00 bits per heavy atom. The minimum Gasteiger partial charge on any atom is -0.289 e. The van der Waals surface area contributed by atoms with E-state index in [1.807, 2.05) is 43.6 Å². The van der Waals surface area contributed by atoms with Gasteiger partial charge < -0.3 is 0 Å². The standard InChI is InChI=1S/C26H25N7O2/c1-30-14-18-11-19(8-10-21(18)28-30)33-25(34)22(17-7-9-20(27-12-17)16-5-6-16)23-24(29-33)31(2)26(35)32(23)13-15-3-4-15/h7-12,14-16H,3-6,13H2,1-2H3. The molecule has 0 unspecified atom stereocenters. The molecule has 2 fully saturated rings. The molecule has 2 aliphatic carbocycles. The summed E-state index contributed by atoms with van der Waals surface area (Å²) in [7, 11) is 3.59. The lowest BCUT2D eigenvalue weighted by Crippen LogP contribution is -2.24. The monoisotopic (exact) mass is 467 g/mol. The summed E-state index contributed by atoms with van der Waals surface area (Å²) in [6.07, 6.45) is 8.21. The zero-order valence-electron chi connectivity index (χ0n) is 19.7. The first-order chi connectivity index (χ1) is 17.0. The first-order valence-corrected chi connectivity index (χ1v) is 12.1. The smallest absolute Gasteiger partial charge is 0.289 e. The fourth-order valence-corrected chi connectivity index (χ4v) is 4.96. The van der Waals surface area contributed by atoms with Crippen LogP contribution in [0.3, 0.4) is 0 Å². The van der Waals surface area contributed by atoms with Crippen LogP contribution in [0.5, 0.6) is 0 Å². The van der Waals surface area contributed by atoms with Crippen LogP contribution in [-0.2, 0) is 20.6 Å². The van der Waals surface area contributed by atoms with Gasteiger partial charge in [0, 0.05) is 55.6 Å². The van der Waals surface area contributed by atoms with E-state index < -0.39 is 0 Å². The van der Waals surface area contributed by atoms with E-state index in [4.69, 9.17) is 5.10 Å². The number of fused-ring (bicyclic) bond motifs is 2. The fourth-order valence-electron chi connectivity index (χ4n) is 4.96. The lowest BCUT2D eigenvalue weighted by atomic mass is 10.1. The average molecular weight is 468 g/mol. The molecule has 2 saturated carbocycles. The van der Waals surface area contributed by atoms with E-state index in [1.54, 1.807) is 27.1 Å². The maximum absolute atomic E-state index is 14.1. The number of hydrogen-bond acceptors (Lipinski definition) is 5. The van der Waals surface area contributed by atoms with E-state index in [0.29, 0.717) is 46.4 Å². The lowest BCUT2D eigenvalue weighted by molar-refractivity contribution is 0.609. The molecule has 4 heterocycles. The third-order valence-electron chi connectivity index (χ3n) is 7.21. The third-order valence-corrected chi connectivity index (χ3v) is 7.21. The molecule has 0 N–H and O–H groups in total. The van der Waals surface area contributed by atoms with E-state index in [-0.39, 0.29) is 11.2 Å². The van der Waals surface area contributed by atoms with Crippen LogP contribution in [0.4, 0.5) is 0 Å². The maximum atomic E-state index is 14.1. The van der Waals surface area contributed by atoms with Gasteiger partial charge in [0.15, 0.2) is 5.65 Å². The highest BCUT2D eigenvalue weighted by Gasteiger charge is 2.29. The molecule has 0 aliphatic heterocycles. The second-order valence-corrected chi connectivity index (χ2v) is 9.95. The van der Waals surface area contributed by atoms with Crippen molar-refractivity contribution in [1.82, 2.24) is 33.7 Å². The maximum Gasteiger partial charge on any atom is 0.330 e. The summed E-state index contributed by atoms with van der Waals surface area (Å²) in [5.41, 5.74) is 4.37. The molecule has 9 heteroatoms. The predicted octanol–water partition coefficient (Wildman–Crippen LogP) is 3.12. The van der Waals surface area contributed by atoms with Crippen LogP contribution >= 0.6 is 0 Å². The lowest BCUT2D eigenvalue weighted by Gasteiger charge is -2.12. The van der Waals surface area contributed by atoms with Gasteiger partial charge in [0.05, 0.1) is 16.8 Å². The Balaban J connectivity index is 1.52. The van der Waals surface area contributed by atoms with Crippen molar-refractivity contribution in [2.24, 2.45) is 20.0 Å². The summed E-state index contributed by atoms with van der Waals surface area (Å²) in [5, 5.41) is 10.0. The van der Waals surface area contributed by atoms with Crippen LogP contribution in [0.2, 0.25) is 0 Å². The highest BCUT2D eigenvalue weighted by Crippen LogP contribution is 2.39. The molecule has 0 amide bonds. The highest BCUT2D eigenvalue weighted by molar-refractivity contribution is 5.90. The molecule has 35 heavy (non-hydrogen) atoms. The van der Waals surface area contributed by atoms with Crippen molar-refractivity contribution in [2.75, 3.05) is 0 Å². The van der Waals surface area contributed by atoms with Gasteiger partial charge in [-0.2, -0.15) is 9.78 Å². The van der Waals surface area contributed by atoms with Crippen molar-refractivity contribution < 1.29 is 0 Å². The van der Waals surface area contributed by atoms with E-state index in [1.165, 1.54) is 4.68 Å². The molecule has 0 atom stereocenters. The van der Waals surface area contributed by atoms with Crippen LogP contribution < -0.4 is 11.2 Å². The molecule has 0 saturated heterocycles. The van der Waals surface area contributed by atoms with Gasteiger partial charge in [0.1, 0.15) is 5.52 Å². The highest BCUT2D eigenvalue weighted by atomic mass is 16.2. The zero-order valence-corrected chi connectivity index (χ0v) is 19.7. The van der Waals surface area contributed by atoms with Gasteiger partial charge in [-0.15, -0.1) is 5.10 Å². The molecular weight excluding hydrogens is 442 g/mol. The van der Waals surface area contributed by atoms with Crippen molar-refractivity contribution in [1.29, 1.82) is 0 Å². The summed E-state index contributed by atoms with van der Waals surface area (Å²) < 4.78 is 6.43. The molecule has 9 nitrogen and oxygen atoms in total. The summed E-state index contributed by atoms with van der Waals surface area (Å²) in [5.74, 6) is 0.992. The van der Waals surface area contributed by atoms with E-state index in [2.05, 4.69) is 10.1 Å². The second-order valence-electron chi connectivity index (χ2n) is 9.95. The molecule has 7 rings (SSSR count). The number of pyridine rings is 1. The van der Waals surface area contributed by atoms with Crippen LogP contribution in [0, 0.1) is 5.92 Å². The number of aryl methyl sites for hydroxylation is 2. The Morgan fingerprint density at radius 3 is 2.54 bits per heavy atom. The van der Waals surface area contributed by atoms with Gasteiger partial charge in [-0.05, 0) is 55.9 Å². The number of nitrogens with zero attached hydrogens (tertiary/aromatic N) is 7. The van der Waals surface area contributed by atoms with Gasteiger partial charge in [-0.3, -0.25) is 23.6 Å². The second kappa shape index (κ2) is 7.24. The molecule has 0 bridgehead atoms. The van der Waals surface area contributed by atoms with E-state index >= 15 is 0 Å². The Bertz CT molecular complexity index is 1750. The molecule has 5 aromatic rings. The Kier molecular flexibility index (Phi) is 4.22. The van der Waals surface area contributed by atoms with Crippen LogP contribution in [0.1, 0.15) is 37.3 Å². The van der Waals surface area contributed by atoms with Crippen LogP contribution in [0.25, 0.3) is 38.9 Å². The van der Waals surface area contributed by atoms with Crippen molar-refractivity contribution in [2.45, 2.75) is 38.1 Å². The number of hydrogen-bond donors (Lipinski definition) is 0. The predicted molar refractivity (Wildman–Crippen MR) is 133 cm³/mol. The molecular formula is C26H25N7O2.